The SMILES string of the molecule is CCc1cccc(-c2noc(-c3nnn(-c4ccccc4F)c3COC)n2)c1. The van der Waals surface area contributed by atoms with Crippen LogP contribution in [-0.2, 0) is 17.8 Å². The molecule has 7 nitrogen and oxygen atoms in total. The van der Waals surface area contributed by atoms with Crippen LogP contribution < -0.4 is 0 Å². The summed E-state index contributed by atoms with van der Waals surface area (Å²) in [5, 5.41) is 12.3. The summed E-state index contributed by atoms with van der Waals surface area (Å²) in [6.07, 6.45) is 0.910. The van der Waals surface area contributed by atoms with E-state index in [4.69, 9.17) is 9.26 Å². The van der Waals surface area contributed by atoms with E-state index in [-0.39, 0.29) is 18.2 Å². The first-order chi connectivity index (χ1) is 13.7. The van der Waals surface area contributed by atoms with Gasteiger partial charge in [-0.15, -0.1) is 5.10 Å². The highest BCUT2D eigenvalue weighted by atomic mass is 19.1. The van der Waals surface area contributed by atoms with Crippen LogP contribution in [0.1, 0.15) is 18.2 Å². The molecule has 4 aromatic rings. The maximum absolute atomic E-state index is 14.2. The summed E-state index contributed by atoms with van der Waals surface area (Å²) in [6, 6.07) is 14.2. The topological polar surface area (TPSA) is 78.9 Å². The average molecular weight is 379 g/mol. The Kier molecular flexibility index (Phi) is 4.94. The molecule has 0 saturated heterocycles. The van der Waals surface area contributed by atoms with Crippen molar-refractivity contribution in [2.75, 3.05) is 7.11 Å². The molecular formula is C20H18FN5O2. The molecule has 2 aromatic heterocycles. The van der Waals surface area contributed by atoms with Crippen molar-refractivity contribution < 1.29 is 13.7 Å². The lowest BCUT2D eigenvalue weighted by atomic mass is 10.1. The molecule has 8 heteroatoms. The number of hydrogen-bond acceptors (Lipinski definition) is 6. The van der Waals surface area contributed by atoms with Crippen molar-refractivity contribution in [3.05, 3.63) is 65.6 Å². The fourth-order valence-electron chi connectivity index (χ4n) is 2.92. The molecule has 0 saturated carbocycles. The molecule has 0 aliphatic rings. The molecule has 0 aliphatic carbocycles. The number of halogens is 1. The van der Waals surface area contributed by atoms with Gasteiger partial charge in [0.2, 0.25) is 5.82 Å². The van der Waals surface area contributed by atoms with E-state index >= 15 is 0 Å². The average Bonchev–Trinajstić information content (AvgIpc) is 3.36. The van der Waals surface area contributed by atoms with Gasteiger partial charge in [-0.2, -0.15) is 4.98 Å². The molecule has 0 N–H and O–H groups in total. The van der Waals surface area contributed by atoms with Gasteiger partial charge in [-0.1, -0.05) is 47.6 Å². The molecule has 4 rings (SSSR count). The quantitative estimate of drug-likeness (QED) is 0.507. The van der Waals surface area contributed by atoms with Crippen molar-refractivity contribution in [3.63, 3.8) is 0 Å². The number of rotatable bonds is 6. The number of para-hydroxylation sites is 1. The van der Waals surface area contributed by atoms with Crippen molar-refractivity contribution >= 4 is 0 Å². The van der Waals surface area contributed by atoms with Crippen LogP contribution in [0.25, 0.3) is 28.7 Å². The Balaban J connectivity index is 1.76. The van der Waals surface area contributed by atoms with Crippen molar-refractivity contribution in [2.45, 2.75) is 20.0 Å². The zero-order chi connectivity index (χ0) is 19.5. The van der Waals surface area contributed by atoms with E-state index in [2.05, 4.69) is 27.4 Å². The summed E-state index contributed by atoms with van der Waals surface area (Å²) in [6.45, 7) is 2.23. The second kappa shape index (κ2) is 7.69. The standard InChI is InChI=1S/C20H18FN5O2/c1-3-13-7-6-8-14(11-13)19-22-20(28-24-19)18-17(12-27-2)26(25-23-18)16-10-5-4-9-15(16)21/h4-11H,3,12H2,1-2H3. The first-order valence-electron chi connectivity index (χ1n) is 8.83. The molecule has 2 heterocycles. The first-order valence-corrected chi connectivity index (χ1v) is 8.83. The van der Waals surface area contributed by atoms with Crippen molar-refractivity contribution in [1.82, 2.24) is 25.1 Å². The Labute approximate surface area is 160 Å². The van der Waals surface area contributed by atoms with Crippen LogP contribution in [0.5, 0.6) is 0 Å². The van der Waals surface area contributed by atoms with E-state index in [0.717, 1.165) is 12.0 Å². The third kappa shape index (κ3) is 3.29. The normalized spacial score (nSPS) is 11.1. The minimum atomic E-state index is -0.418. The Morgan fingerprint density at radius 3 is 2.79 bits per heavy atom. The molecule has 142 valence electrons. The highest BCUT2D eigenvalue weighted by Crippen LogP contribution is 2.26. The maximum atomic E-state index is 14.2. The molecular weight excluding hydrogens is 361 g/mol. The highest BCUT2D eigenvalue weighted by Gasteiger charge is 2.22. The van der Waals surface area contributed by atoms with Gasteiger partial charge in [-0.05, 0) is 30.2 Å². The second-order valence-electron chi connectivity index (χ2n) is 6.16. The van der Waals surface area contributed by atoms with Gasteiger partial charge >= 0.3 is 0 Å². The van der Waals surface area contributed by atoms with Crippen LogP contribution in [0.15, 0.2) is 53.1 Å². The van der Waals surface area contributed by atoms with Gasteiger partial charge in [0.1, 0.15) is 17.2 Å². The molecule has 2 aromatic carbocycles. The summed E-state index contributed by atoms with van der Waals surface area (Å²) in [5.74, 6) is 0.236. The fourth-order valence-corrected chi connectivity index (χ4v) is 2.92. The Bertz CT molecular complexity index is 1110. The zero-order valence-electron chi connectivity index (χ0n) is 15.5. The number of nitrogens with zero attached hydrogens (tertiary/aromatic N) is 5. The smallest absolute Gasteiger partial charge is 0.280 e. The summed E-state index contributed by atoms with van der Waals surface area (Å²) >= 11 is 0. The van der Waals surface area contributed by atoms with Gasteiger partial charge in [0.25, 0.3) is 5.89 Å². The fraction of sp³-hybridized carbons (Fsp3) is 0.200. The van der Waals surface area contributed by atoms with Crippen LogP contribution in [-0.4, -0.2) is 32.2 Å². The summed E-state index contributed by atoms with van der Waals surface area (Å²) in [4.78, 5) is 4.46. The lowest BCUT2D eigenvalue weighted by Crippen LogP contribution is -2.06. The van der Waals surface area contributed by atoms with Gasteiger partial charge in [0.15, 0.2) is 5.69 Å². The lowest BCUT2D eigenvalue weighted by molar-refractivity contribution is 0.179. The van der Waals surface area contributed by atoms with Gasteiger partial charge in [0.05, 0.1) is 6.61 Å². The molecule has 28 heavy (non-hydrogen) atoms. The lowest BCUT2D eigenvalue weighted by Gasteiger charge is -2.06. The maximum Gasteiger partial charge on any atom is 0.280 e. The van der Waals surface area contributed by atoms with Gasteiger partial charge in [-0.25, -0.2) is 9.07 Å². The second-order valence-corrected chi connectivity index (χ2v) is 6.16. The Morgan fingerprint density at radius 1 is 1.14 bits per heavy atom. The Morgan fingerprint density at radius 2 is 2.00 bits per heavy atom. The van der Waals surface area contributed by atoms with Crippen LogP contribution >= 0.6 is 0 Å². The van der Waals surface area contributed by atoms with Gasteiger partial charge < -0.3 is 9.26 Å². The minimum absolute atomic E-state index is 0.152. The number of ether oxygens (including phenoxy) is 1. The van der Waals surface area contributed by atoms with Crippen molar-refractivity contribution in [3.8, 4) is 28.7 Å². The third-order valence-corrected chi connectivity index (χ3v) is 4.35. The van der Waals surface area contributed by atoms with Crippen LogP contribution in [0.2, 0.25) is 0 Å². The van der Waals surface area contributed by atoms with Crippen LogP contribution in [0, 0.1) is 5.82 Å². The molecule has 0 radical (unpaired) electrons. The minimum Gasteiger partial charge on any atom is -0.378 e. The molecule has 0 spiro atoms. The van der Waals surface area contributed by atoms with Crippen molar-refractivity contribution in [2.24, 2.45) is 0 Å². The van der Waals surface area contributed by atoms with E-state index in [9.17, 15) is 4.39 Å². The number of hydrogen-bond donors (Lipinski definition) is 0. The molecule has 0 unspecified atom stereocenters. The predicted molar refractivity (Wildman–Crippen MR) is 100 cm³/mol. The van der Waals surface area contributed by atoms with Crippen LogP contribution in [0.4, 0.5) is 4.39 Å². The molecule has 0 amide bonds. The largest absolute Gasteiger partial charge is 0.378 e. The number of methoxy groups -OCH3 is 1. The summed E-state index contributed by atoms with van der Waals surface area (Å²) < 4.78 is 26.3. The molecule has 0 aliphatic heterocycles. The van der Waals surface area contributed by atoms with Crippen LogP contribution in [0.3, 0.4) is 0 Å². The van der Waals surface area contributed by atoms with E-state index in [1.807, 2.05) is 24.3 Å². The van der Waals surface area contributed by atoms with Crippen molar-refractivity contribution in [1.29, 1.82) is 0 Å². The number of benzene rings is 2. The molecule has 0 bridgehead atoms. The number of aromatic nitrogens is 5. The predicted octanol–water partition coefficient (Wildman–Crippen LogP) is 3.83. The van der Waals surface area contributed by atoms with Gasteiger partial charge in [0, 0.05) is 12.7 Å². The monoisotopic (exact) mass is 379 g/mol. The summed E-state index contributed by atoms with van der Waals surface area (Å²) in [7, 11) is 1.54. The van der Waals surface area contributed by atoms with E-state index in [1.165, 1.54) is 23.4 Å². The Hall–Kier alpha value is -3.39. The highest BCUT2D eigenvalue weighted by molar-refractivity contribution is 5.60. The molecule has 0 fully saturated rings. The first kappa shape index (κ1) is 18.0. The van der Waals surface area contributed by atoms with E-state index in [1.54, 1.807) is 18.2 Å². The van der Waals surface area contributed by atoms with Gasteiger partial charge in [-0.3, -0.25) is 0 Å². The number of aryl methyl sites for hydroxylation is 1. The third-order valence-electron chi connectivity index (χ3n) is 4.35. The zero-order valence-corrected chi connectivity index (χ0v) is 15.5. The van der Waals surface area contributed by atoms with E-state index < -0.39 is 5.82 Å². The van der Waals surface area contributed by atoms with E-state index in [0.29, 0.717) is 17.2 Å². The summed E-state index contributed by atoms with van der Waals surface area (Å²) in [5.41, 5.74) is 3.17. The molecule has 0 atom stereocenters.